The first-order chi connectivity index (χ1) is 12.8. The molecule has 134 valence electrons. The van der Waals surface area contributed by atoms with Crippen molar-refractivity contribution in [3.63, 3.8) is 0 Å². The Balaban J connectivity index is 2.08. The molecule has 2 heteroatoms. The van der Waals surface area contributed by atoms with Gasteiger partial charge in [0.05, 0.1) is 0 Å². The summed E-state index contributed by atoms with van der Waals surface area (Å²) in [5, 5.41) is 0. The summed E-state index contributed by atoms with van der Waals surface area (Å²) in [7, 11) is 0. The van der Waals surface area contributed by atoms with E-state index in [1.165, 1.54) is 5.56 Å². The number of allylic oxidation sites excluding steroid dienone is 5. The van der Waals surface area contributed by atoms with Crippen molar-refractivity contribution in [3.8, 4) is 0 Å². The Bertz CT molecular complexity index is 753. The summed E-state index contributed by atoms with van der Waals surface area (Å²) >= 11 is 0. The molecular formula is C24H28N2. The summed E-state index contributed by atoms with van der Waals surface area (Å²) in [6.45, 7) is 0.713. The maximum Gasteiger partial charge on any atom is 0.0346 e. The van der Waals surface area contributed by atoms with Gasteiger partial charge in [-0.25, -0.2) is 0 Å². The van der Waals surface area contributed by atoms with Crippen molar-refractivity contribution in [1.82, 2.24) is 0 Å². The molecule has 2 aromatic rings. The highest BCUT2D eigenvalue weighted by Gasteiger charge is 1.99. The van der Waals surface area contributed by atoms with Crippen molar-refractivity contribution in [3.05, 3.63) is 107 Å². The number of hydrogen-bond acceptors (Lipinski definition) is 2. The molecule has 0 atom stereocenters. The number of nitrogens with two attached hydrogens (primary N) is 2. The first-order valence-corrected chi connectivity index (χ1v) is 9.11. The Hall–Kier alpha value is -2.84. The quantitative estimate of drug-likeness (QED) is 0.478. The van der Waals surface area contributed by atoms with E-state index < -0.39 is 0 Å². The Kier molecular flexibility index (Phi) is 8.74. The predicted octanol–water partition coefficient (Wildman–Crippen LogP) is 5.31. The molecule has 0 spiro atoms. The van der Waals surface area contributed by atoms with E-state index in [0.717, 1.165) is 36.1 Å². The molecule has 0 saturated heterocycles. The van der Waals surface area contributed by atoms with E-state index in [0.29, 0.717) is 6.54 Å². The van der Waals surface area contributed by atoms with Crippen LogP contribution < -0.4 is 11.5 Å². The largest absolute Gasteiger partial charge is 0.399 e. The van der Waals surface area contributed by atoms with Crippen LogP contribution in [0.4, 0.5) is 0 Å². The van der Waals surface area contributed by atoms with Gasteiger partial charge in [0.2, 0.25) is 0 Å². The first kappa shape index (κ1) is 19.5. The van der Waals surface area contributed by atoms with E-state index in [-0.39, 0.29) is 0 Å². The molecule has 0 fully saturated rings. The van der Waals surface area contributed by atoms with Crippen LogP contribution in [0.25, 0.3) is 12.2 Å². The van der Waals surface area contributed by atoms with Crippen molar-refractivity contribution in [2.45, 2.75) is 19.3 Å². The van der Waals surface area contributed by atoms with E-state index in [1.54, 1.807) is 0 Å². The number of rotatable bonds is 9. The number of benzene rings is 2. The van der Waals surface area contributed by atoms with Crippen LogP contribution in [-0.4, -0.2) is 6.54 Å². The minimum absolute atomic E-state index is 0.713. The van der Waals surface area contributed by atoms with Crippen LogP contribution in [0.5, 0.6) is 0 Å². The third-order valence-electron chi connectivity index (χ3n) is 4.02. The van der Waals surface area contributed by atoms with E-state index in [9.17, 15) is 0 Å². The molecule has 0 radical (unpaired) electrons. The van der Waals surface area contributed by atoms with Crippen molar-refractivity contribution in [2.24, 2.45) is 11.5 Å². The molecular weight excluding hydrogens is 316 g/mol. The molecule has 0 heterocycles. The lowest BCUT2D eigenvalue weighted by Crippen LogP contribution is -2.03. The van der Waals surface area contributed by atoms with Crippen LogP contribution in [0.3, 0.4) is 0 Å². The summed E-state index contributed by atoms with van der Waals surface area (Å²) in [4.78, 5) is 0. The average molecular weight is 345 g/mol. The van der Waals surface area contributed by atoms with Gasteiger partial charge in [0.25, 0.3) is 0 Å². The zero-order valence-corrected chi connectivity index (χ0v) is 15.2. The van der Waals surface area contributed by atoms with Gasteiger partial charge in [-0.1, -0.05) is 91.0 Å². The second kappa shape index (κ2) is 11.7. The van der Waals surface area contributed by atoms with Crippen molar-refractivity contribution in [1.29, 1.82) is 0 Å². The van der Waals surface area contributed by atoms with Gasteiger partial charge >= 0.3 is 0 Å². The molecule has 0 aliphatic carbocycles. The van der Waals surface area contributed by atoms with Gasteiger partial charge in [-0.05, 0) is 48.6 Å². The van der Waals surface area contributed by atoms with E-state index in [4.69, 9.17) is 11.5 Å². The number of hydrogen-bond donors (Lipinski definition) is 2. The van der Waals surface area contributed by atoms with Gasteiger partial charge in [-0.3, -0.25) is 0 Å². The van der Waals surface area contributed by atoms with Crippen LogP contribution in [0.1, 0.15) is 30.4 Å². The third kappa shape index (κ3) is 7.37. The summed E-state index contributed by atoms with van der Waals surface area (Å²) in [5.74, 6) is 0. The molecule has 0 aromatic heterocycles. The molecule has 0 bridgehead atoms. The zero-order valence-electron chi connectivity index (χ0n) is 15.2. The Morgan fingerprint density at radius 2 is 1.27 bits per heavy atom. The molecule has 0 aliphatic heterocycles. The molecule has 26 heavy (non-hydrogen) atoms. The fourth-order valence-corrected chi connectivity index (χ4v) is 2.56. The molecule has 2 rings (SSSR count). The lowest BCUT2D eigenvalue weighted by molar-refractivity contribution is 0.741. The van der Waals surface area contributed by atoms with Gasteiger partial charge in [0.15, 0.2) is 0 Å². The predicted molar refractivity (Wildman–Crippen MR) is 114 cm³/mol. The van der Waals surface area contributed by atoms with Gasteiger partial charge in [0, 0.05) is 5.70 Å². The molecule has 4 N–H and O–H groups in total. The molecule has 0 aliphatic rings. The van der Waals surface area contributed by atoms with Crippen molar-refractivity contribution < 1.29 is 0 Å². The monoisotopic (exact) mass is 344 g/mol. The third-order valence-corrected chi connectivity index (χ3v) is 4.02. The Morgan fingerprint density at radius 1 is 0.731 bits per heavy atom. The lowest BCUT2D eigenvalue weighted by atomic mass is 10.0. The van der Waals surface area contributed by atoms with Crippen LogP contribution in [0.2, 0.25) is 0 Å². The minimum atomic E-state index is 0.713. The Morgan fingerprint density at radius 3 is 1.81 bits per heavy atom. The molecule has 0 saturated carbocycles. The molecule has 0 unspecified atom stereocenters. The molecule has 0 amide bonds. The van der Waals surface area contributed by atoms with E-state index in [2.05, 4.69) is 48.6 Å². The zero-order chi connectivity index (χ0) is 18.5. The SMILES string of the molecule is NCCCCC(=CC=Cc1ccccc1)C(N)=CC=Cc1ccccc1. The fourth-order valence-electron chi connectivity index (χ4n) is 2.56. The highest BCUT2D eigenvalue weighted by atomic mass is 14.6. The smallest absolute Gasteiger partial charge is 0.0346 e. The normalized spacial score (nSPS) is 13.0. The van der Waals surface area contributed by atoms with Crippen LogP contribution >= 0.6 is 0 Å². The highest BCUT2D eigenvalue weighted by Crippen LogP contribution is 2.15. The topological polar surface area (TPSA) is 52.0 Å². The average Bonchev–Trinajstić information content (AvgIpc) is 2.68. The van der Waals surface area contributed by atoms with Gasteiger partial charge < -0.3 is 11.5 Å². The van der Waals surface area contributed by atoms with Crippen molar-refractivity contribution >= 4 is 12.2 Å². The second-order valence-electron chi connectivity index (χ2n) is 6.10. The molecule has 2 aromatic carbocycles. The summed E-state index contributed by atoms with van der Waals surface area (Å²) < 4.78 is 0. The summed E-state index contributed by atoms with van der Waals surface area (Å²) in [6, 6.07) is 20.5. The van der Waals surface area contributed by atoms with Crippen molar-refractivity contribution in [2.75, 3.05) is 6.54 Å². The Labute approximate surface area is 157 Å². The van der Waals surface area contributed by atoms with Crippen LogP contribution in [0, 0.1) is 0 Å². The standard InChI is InChI=1S/C24H28N2/c25-20-8-7-17-23(18-9-15-21-11-3-1-4-12-21)24(26)19-10-16-22-13-5-2-6-14-22/h1-6,9-16,18-19H,7-8,17,20,25-26H2. The summed E-state index contributed by atoms with van der Waals surface area (Å²) in [6.07, 6.45) is 15.3. The maximum atomic E-state index is 6.32. The van der Waals surface area contributed by atoms with E-state index >= 15 is 0 Å². The minimum Gasteiger partial charge on any atom is -0.399 e. The second-order valence-corrected chi connectivity index (χ2v) is 6.10. The highest BCUT2D eigenvalue weighted by molar-refractivity contribution is 5.53. The number of unbranched alkanes of at least 4 members (excludes halogenated alkanes) is 1. The van der Waals surface area contributed by atoms with Gasteiger partial charge in [-0.15, -0.1) is 0 Å². The fraction of sp³-hybridized carbons (Fsp3) is 0.167. The van der Waals surface area contributed by atoms with E-state index in [1.807, 2.05) is 48.6 Å². The summed E-state index contributed by atoms with van der Waals surface area (Å²) in [5.41, 5.74) is 16.2. The maximum absolute atomic E-state index is 6.32. The first-order valence-electron chi connectivity index (χ1n) is 9.11. The van der Waals surface area contributed by atoms with Crippen LogP contribution in [0.15, 0.2) is 96.2 Å². The van der Waals surface area contributed by atoms with Crippen LogP contribution in [-0.2, 0) is 0 Å². The van der Waals surface area contributed by atoms with Gasteiger partial charge in [0.1, 0.15) is 0 Å². The lowest BCUT2D eigenvalue weighted by Gasteiger charge is -2.06. The van der Waals surface area contributed by atoms with Gasteiger partial charge in [-0.2, -0.15) is 0 Å². The molecule has 2 nitrogen and oxygen atoms in total.